The summed E-state index contributed by atoms with van der Waals surface area (Å²) in [5.41, 5.74) is 1.17. The number of anilines is 2. The second kappa shape index (κ2) is 11.5. The van der Waals surface area contributed by atoms with Crippen molar-refractivity contribution < 1.29 is 19.1 Å². The molecule has 146 valence electrons. The molecular formula is C18H19Cl3N2O4. The van der Waals surface area contributed by atoms with Crippen molar-refractivity contribution in [2.75, 3.05) is 17.7 Å². The molecule has 0 spiro atoms. The first-order valence-electron chi connectivity index (χ1n) is 7.74. The monoisotopic (exact) mass is 432 g/mol. The number of halogens is 3. The predicted octanol–water partition coefficient (Wildman–Crippen LogP) is 6.47. The maximum Gasteiger partial charge on any atom is 0.411 e. The van der Waals surface area contributed by atoms with E-state index in [4.69, 9.17) is 39.5 Å². The number of carbonyl (C=O) groups is 2. The third-order valence-corrected chi connectivity index (χ3v) is 3.74. The van der Waals surface area contributed by atoms with Gasteiger partial charge in [0.15, 0.2) is 0 Å². The average Bonchev–Trinajstić information content (AvgIpc) is 2.58. The standard InChI is InChI=1S/C10H12ClNO2.C8H7Cl2NO2/c1-7(2)14-10(13)12-9-5-3-4-8(11)6-9;1-13-8(12)11-5-2-3-6(9)7(10)4-5/h3-7H,1-2H3,(H,12,13);2-4H,1H3,(H,11,12). The Kier molecular flexibility index (Phi) is 9.78. The summed E-state index contributed by atoms with van der Waals surface area (Å²) < 4.78 is 9.30. The molecule has 0 aliphatic heterocycles. The van der Waals surface area contributed by atoms with Crippen LogP contribution in [-0.2, 0) is 9.47 Å². The van der Waals surface area contributed by atoms with Gasteiger partial charge in [-0.15, -0.1) is 0 Å². The number of benzene rings is 2. The molecule has 0 saturated heterocycles. The Morgan fingerprint density at radius 3 is 2.07 bits per heavy atom. The van der Waals surface area contributed by atoms with E-state index in [1.54, 1.807) is 56.3 Å². The van der Waals surface area contributed by atoms with Gasteiger partial charge >= 0.3 is 12.2 Å². The van der Waals surface area contributed by atoms with E-state index in [1.165, 1.54) is 7.11 Å². The van der Waals surface area contributed by atoms with Crippen LogP contribution in [-0.4, -0.2) is 25.4 Å². The Bertz CT molecular complexity index is 785. The smallest absolute Gasteiger partial charge is 0.411 e. The molecule has 0 bridgehead atoms. The van der Waals surface area contributed by atoms with Gasteiger partial charge in [-0.3, -0.25) is 10.6 Å². The van der Waals surface area contributed by atoms with Crippen molar-refractivity contribution in [2.24, 2.45) is 0 Å². The van der Waals surface area contributed by atoms with Crippen LogP contribution in [0.1, 0.15) is 13.8 Å². The summed E-state index contributed by atoms with van der Waals surface area (Å²) in [6.45, 7) is 3.58. The van der Waals surface area contributed by atoms with Crippen molar-refractivity contribution in [3.8, 4) is 0 Å². The zero-order valence-electron chi connectivity index (χ0n) is 14.9. The first-order valence-corrected chi connectivity index (χ1v) is 8.88. The van der Waals surface area contributed by atoms with Crippen LogP contribution in [0.4, 0.5) is 21.0 Å². The van der Waals surface area contributed by atoms with Crippen molar-refractivity contribution in [2.45, 2.75) is 20.0 Å². The van der Waals surface area contributed by atoms with Gasteiger partial charge in [-0.05, 0) is 50.2 Å². The van der Waals surface area contributed by atoms with E-state index < -0.39 is 12.2 Å². The quantitative estimate of drug-likeness (QED) is 0.581. The fourth-order valence-electron chi connectivity index (χ4n) is 1.67. The third kappa shape index (κ3) is 9.38. The Balaban J connectivity index is 0.000000271. The van der Waals surface area contributed by atoms with E-state index in [9.17, 15) is 9.59 Å². The lowest BCUT2D eigenvalue weighted by Gasteiger charge is -2.09. The van der Waals surface area contributed by atoms with E-state index in [1.807, 2.05) is 0 Å². The highest BCUT2D eigenvalue weighted by atomic mass is 35.5. The molecule has 0 aliphatic carbocycles. The highest BCUT2D eigenvalue weighted by Gasteiger charge is 2.05. The van der Waals surface area contributed by atoms with Gasteiger partial charge in [-0.1, -0.05) is 40.9 Å². The molecule has 2 aromatic carbocycles. The molecule has 0 heterocycles. The molecule has 0 atom stereocenters. The van der Waals surface area contributed by atoms with E-state index in [0.29, 0.717) is 26.4 Å². The molecule has 0 saturated carbocycles. The minimum Gasteiger partial charge on any atom is -0.453 e. The fourth-order valence-corrected chi connectivity index (χ4v) is 2.16. The lowest BCUT2D eigenvalue weighted by molar-refractivity contribution is 0.130. The zero-order valence-corrected chi connectivity index (χ0v) is 17.2. The molecule has 0 aromatic heterocycles. The molecule has 27 heavy (non-hydrogen) atoms. The lowest BCUT2D eigenvalue weighted by Crippen LogP contribution is -2.17. The molecule has 0 aliphatic rings. The number of rotatable bonds is 3. The topological polar surface area (TPSA) is 76.7 Å². The highest BCUT2D eigenvalue weighted by Crippen LogP contribution is 2.24. The first kappa shape index (κ1) is 22.9. The summed E-state index contributed by atoms with van der Waals surface area (Å²) >= 11 is 17.1. The second-order valence-electron chi connectivity index (χ2n) is 5.33. The van der Waals surface area contributed by atoms with Crippen molar-refractivity contribution >= 4 is 58.4 Å². The van der Waals surface area contributed by atoms with Crippen LogP contribution in [0.15, 0.2) is 42.5 Å². The first-order chi connectivity index (χ1) is 12.7. The van der Waals surface area contributed by atoms with E-state index in [2.05, 4.69) is 15.4 Å². The molecule has 2 N–H and O–H groups in total. The number of nitrogens with one attached hydrogen (secondary N) is 2. The number of hydrogen-bond acceptors (Lipinski definition) is 4. The number of ether oxygens (including phenoxy) is 2. The molecule has 2 aromatic rings. The van der Waals surface area contributed by atoms with Crippen molar-refractivity contribution in [1.29, 1.82) is 0 Å². The minimum atomic E-state index is -0.543. The maximum absolute atomic E-state index is 11.2. The predicted molar refractivity (Wildman–Crippen MR) is 109 cm³/mol. The number of hydrogen-bond donors (Lipinski definition) is 2. The van der Waals surface area contributed by atoms with Gasteiger partial charge in [0.05, 0.1) is 23.3 Å². The van der Waals surface area contributed by atoms with Crippen LogP contribution >= 0.6 is 34.8 Å². The summed E-state index contributed by atoms with van der Waals surface area (Å²) in [4.78, 5) is 21.9. The van der Waals surface area contributed by atoms with Gasteiger partial charge in [-0.25, -0.2) is 9.59 Å². The van der Waals surface area contributed by atoms with Gasteiger partial charge in [0.2, 0.25) is 0 Å². The average molecular weight is 434 g/mol. The second-order valence-corrected chi connectivity index (χ2v) is 6.59. The lowest BCUT2D eigenvalue weighted by atomic mass is 10.3. The van der Waals surface area contributed by atoms with Crippen molar-refractivity contribution in [3.63, 3.8) is 0 Å². The Labute approximate surface area is 172 Å². The molecule has 2 amide bonds. The van der Waals surface area contributed by atoms with Crippen LogP contribution in [0.2, 0.25) is 15.1 Å². The van der Waals surface area contributed by atoms with Gasteiger partial charge in [0.25, 0.3) is 0 Å². The number of carbonyl (C=O) groups excluding carboxylic acids is 2. The molecule has 9 heteroatoms. The maximum atomic E-state index is 11.2. The summed E-state index contributed by atoms with van der Waals surface area (Å²) in [5.74, 6) is 0. The Hall–Kier alpha value is -2.15. The minimum absolute atomic E-state index is 0.130. The van der Waals surface area contributed by atoms with Crippen LogP contribution in [0, 0.1) is 0 Å². The third-order valence-electron chi connectivity index (χ3n) is 2.77. The SMILES string of the molecule is CC(C)OC(=O)Nc1cccc(Cl)c1.COC(=O)Nc1ccc(Cl)c(Cl)c1. The largest absolute Gasteiger partial charge is 0.453 e. The molecule has 0 radical (unpaired) electrons. The molecule has 6 nitrogen and oxygen atoms in total. The Morgan fingerprint density at radius 2 is 1.52 bits per heavy atom. The van der Waals surface area contributed by atoms with Crippen LogP contribution < -0.4 is 10.6 Å². The molecular weight excluding hydrogens is 415 g/mol. The van der Waals surface area contributed by atoms with Gasteiger partial charge in [0.1, 0.15) is 0 Å². The zero-order chi connectivity index (χ0) is 20.4. The van der Waals surface area contributed by atoms with Gasteiger partial charge in [0, 0.05) is 16.4 Å². The summed E-state index contributed by atoms with van der Waals surface area (Å²) in [6, 6.07) is 11.7. The summed E-state index contributed by atoms with van der Waals surface area (Å²) in [6.07, 6.45) is -1.14. The van der Waals surface area contributed by atoms with Gasteiger partial charge < -0.3 is 9.47 Å². The summed E-state index contributed by atoms with van der Waals surface area (Å²) in [7, 11) is 1.28. The van der Waals surface area contributed by atoms with E-state index in [0.717, 1.165) is 0 Å². The van der Waals surface area contributed by atoms with Crippen molar-refractivity contribution in [3.05, 3.63) is 57.5 Å². The van der Waals surface area contributed by atoms with Crippen molar-refractivity contribution in [1.82, 2.24) is 0 Å². The van der Waals surface area contributed by atoms with Crippen LogP contribution in [0.5, 0.6) is 0 Å². The normalized spacial score (nSPS) is 9.74. The molecule has 0 fully saturated rings. The number of amides is 2. The fraction of sp³-hybridized carbons (Fsp3) is 0.222. The van der Waals surface area contributed by atoms with Gasteiger partial charge in [-0.2, -0.15) is 0 Å². The molecule has 0 unspecified atom stereocenters. The van der Waals surface area contributed by atoms with Crippen LogP contribution in [0.25, 0.3) is 0 Å². The van der Waals surface area contributed by atoms with E-state index in [-0.39, 0.29) is 6.10 Å². The van der Waals surface area contributed by atoms with Crippen LogP contribution in [0.3, 0.4) is 0 Å². The van der Waals surface area contributed by atoms with E-state index >= 15 is 0 Å². The summed E-state index contributed by atoms with van der Waals surface area (Å²) in [5, 5.41) is 6.43. The number of methoxy groups -OCH3 is 1. The molecule has 2 rings (SSSR count). The highest BCUT2D eigenvalue weighted by molar-refractivity contribution is 6.42. The Morgan fingerprint density at radius 1 is 0.889 bits per heavy atom.